The van der Waals surface area contributed by atoms with Gasteiger partial charge in [0.25, 0.3) is 0 Å². The van der Waals surface area contributed by atoms with Gasteiger partial charge in [-0.25, -0.2) is 0 Å². The predicted molar refractivity (Wildman–Crippen MR) is 77.4 cm³/mol. The molecule has 1 fully saturated rings. The molecule has 0 aliphatic heterocycles. The topological polar surface area (TPSA) is 29.1 Å². The van der Waals surface area contributed by atoms with Crippen LogP contribution < -0.4 is 5.32 Å². The van der Waals surface area contributed by atoms with E-state index in [1.807, 2.05) is 24.3 Å². The van der Waals surface area contributed by atoms with Gasteiger partial charge in [-0.3, -0.25) is 4.79 Å². The Bertz CT molecular complexity index is 401. The summed E-state index contributed by atoms with van der Waals surface area (Å²) in [4.78, 5) is 12.0. The van der Waals surface area contributed by atoms with E-state index in [9.17, 15) is 4.79 Å². The highest BCUT2D eigenvalue weighted by Crippen LogP contribution is 2.23. The number of amides is 1. The largest absolute Gasteiger partial charge is 0.353 e. The van der Waals surface area contributed by atoms with Crippen LogP contribution in [0.1, 0.15) is 38.2 Å². The normalized spacial score (nSPS) is 23.7. The number of carbonyl (C=O) groups is 1. The minimum Gasteiger partial charge on any atom is -0.353 e. The van der Waals surface area contributed by atoms with Gasteiger partial charge in [-0.05, 0) is 36.5 Å². The van der Waals surface area contributed by atoms with Crippen LogP contribution in [0.2, 0.25) is 0 Å². The standard InChI is InChI=1S/C15H20BrNO/c1-11-4-2-3-5-14(11)17-15(18)10-12-6-8-13(16)9-7-12/h6-9,11,14H,2-5,10H2,1H3,(H,17,18)/t11-,14-/m1/s1. The minimum atomic E-state index is 0.149. The molecular formula is C15H20BrNO. The summed E-state index contributed by atoms with van der Waals surface area (Å²) in [5, 5.41) is 3.18. The van der Waals surface area contributed by atoms with E-state index < -0.39 is 0 Å². The van der Waals surface area contributed by atoms with Gasteiger partial charge < -0.3 is 5.32 Å². The van der Waals surface area contributed by atoms with E-state index in [2.05, 4.69) is 28.2 Å². The Labute approximate surface area is 117 Å². The minimum absolute atomic E-state index is 0.149. The molecule has 2 atom stereocenters. The van der Waals surface area contributed by atoms with Crippen molar-refractivity contribution in [3.05, 3.63) is 34.3 Å². The zero-order valence-corrected chi connectivity index (χ0v) is 12.4. The molecule has 1 aromatic carbocycles. The SMILES string of the molecule is C[C@@H]1CCCC[C@H]1NC(=O)Cc1ccc(Br)cc1. The summed E-state index contributed by atoms with van der Waals surface area (Å²) >= 11 is 3.40. The van der Waals surface area contributed by atoms with Crippen LogP contribution in [0.4, 0.5) is 0 Å². The maximum Gasteiger partial charge on any atom is 0.224 e. The summed E-state index contributed by atoms with van der Waals surface area (Å²) in [7, 11) is 0. The second-order valence-electron chi connectivity index (χ2n) is 5.24. The zero-order valence-electron chi connectivity index (χ0n) is 10.8. The van der Waals surface area contributed by atoms with Crippen LogP contribution in [0, 0.1) is 5.92 Å². The van der Waals surface area contributed by atoms with Crippen LogP contribution >= 0.6 is 15.9 Å². The fraction of sp³-hybridized carbons (Fsp3) is 0.533. The third kappa shape index (κ3) is 3.84. The molecule has 98 valence electrons. The average Bonchev–Trinajstić information content (AvgIpc) is 2.35. The van der Waals surface area contributed by atoms with Crippen LogP contribution in [0.3, 0.4) is 0 Å². The summed E-state index contributed by atoms with van der Waals surface area (Å²) in [6.07, 6.45) is 5.40. The van der Waals surface area contributed by atoms with Crippen LogP contribution in [0.15, 0.2) is 28.7 Å². The highest BCUT2D eigenvalue weighted by molar-refractivity contribution is 9.10. The Morgan fingerprint density at radius 3 is 2.61 bits per heavy atom. The number of nitrogens with one attached hydrogen (secondary N) is 1. The van der Waals surface area contributed by atoms with Crippen molar-refractivity contribution in [1.29, 1.82) is 0 Å². The Hall–Kier alpha value is -0.830. The molecule has 1 N–H and O–H groups in total. The molecule has 2 nitrogen and oxygen atoms in total. The van der Waals surface area contributed by atoms with E-state index in [-0.39, 0.29) is 5.91 Å². The molecule has 0 bridgehead atoms. The molecule has 3 heteroatoms. The number of hydrogen-bond acceptors (Lipinski definition) is 1. The van der Waals surface area contributed by atoms with Gasteiger partial charge in [-0.15, -0.1) is 0 Å². The first-order chi connectivity index (χ1) is 8.65. The molecule has 0 unspecified atom stereocenters. The first-order valence-electron chi connectivity index (χ1n) is 6.69. The Morgan fingerprint density at radius 2 is 1.94 bits per heavy atom. The lowest BCUT2D eigenvalue weighted by Gasteiger charge is -2.29. The van der Waals surface area contributed by atoms with Crippen LogP contribution in [-0.4, -0.2) is 11.9 Å². The molecule has 1 saturated carbocycles. The molecule has 0 saturated heterocycles. The summed E-state index contributed by atoms with van der Waals surface area (Å²) in [5.41, 5.74) is 1.07. The molecular weight excluding hydrogens is 290 g/mol. The molecule has 1 amide bonds. The van der Waals surface area contributed by atoms with Crippen molar-refractivity contribution in [2.45, 2.75) is 45.1 Å². The lowest BCUT2D eigenvalue weighted by Crippen LogP contribution is -2.41. The van der Waals surface area contributed by atoms with Gasteiger partial charge >= 0.3 is 0 Å². The van der Waals surface area contributed by atoms with Crippen molar-refractivity contribution in [3.63, 3.8) is 0 Å². The van der Waals surface area contributed by atoms with E-state index in [1.54, 1.807) is 0 Å². The van der Waals surface area contributed by atoms with Gasteiger partial charge in [-0.2, -0.15) is 0 Å². The van der Waals surface area contributed by atoms with Gasteiger partial charge in [0.05, 0.1) is 6.42 Å². The maximum atomic E-state index is 12.0. The summed E-state index contributed by atoms with van der Waals surface area (Å²) in [6, 6.07) is 8.32. The predicted octanol–water partition coefficient (Wildman–Crippen LogP) is 3.69. The van der Waals surface area contributed by atoms with Crippen molar-refractivity contribution >= 4 is 21.8 Å². The summed E-state index contributed by atoms with van der Waals surface area (Å²) in [5.74, 6) is 0.767. The molecule has 1 aliphatic carbocycles. The molecule has 0 heterocycles. The lowest BCUT2D eigenvalue weighted by atomic mass is 9.86. The van der Waals surface area contributed by atoms with Crippen LogP contribution in [0.25, 0.3) is 0 Å². The van der Waals surface area contributed by atoms with Crippen molar-refractivity contribution in [1.82, 2.24) is 5.32 Å². The Balaban J connectivity index is 1.86. The van der Waals surface area contributed by atoms with Crippen molar-refractivity contribution in [3.8, 4) is 0 Å². The number of rotatable bonds is 3. The molecule has 18 heavy (non-hydrogen) atoms. The maximum absolute atomic E-state index is 12.0. The van der Waals surface area contributed by atoms with E-state index >= 15 is 0 Å². The van der Waals surface area contributed by atoms with E-state index in [0.717, 1.165) is 16.5 Å². The van der Waals surface area contributed by atoms with Gasteiger partial charge in [0.2, 0.25) is 5.91 Å². The van der Waals surface area contributed by atoms with Gasteiger partial charge in [0.1, 0.15) is 0 Å². The highest BCUT2D eigenvalue weighted by Gasteiger charge is 2.22. The summed E-state index contributed by atoms with van der Waals surface area (Å²) < 4.78 is 1.05. The smallest absolute Gasteiger partial charge is 0.224 e. The van der Waals surface area contributed by atoms with Gasteiger partial charge in [0, 0.05) is 10.5 Å². The number of carbonyl (C=O) groups excluding carboxylic acids is 1. The molecule has 1 aromatic rings. The summed E-state index contributed by atoms with van der Waals surface area (Å²) in [6.45, 7) is 2.24. The lowest BCUT2D eigenvalue weighted by molar-refractivity contribution is -0.121. The number of halogens is 1. The molecule has 0 aromatic heterocycles. The first-order valence-corrected chi connectivity index (χ1v) is 7.48. The van der Waals surface area contributed by atoms with Crippen LogP contribution in [-0.2, 0) is 11.2 Å². The third-order valence-corrected chi connectivity index (χ3v) is 4.26. The van der Waals surface area contributed by atoms with E-state index in [4.69, 9.17) is 0 Å². The zero-order chi connectivity index (χ0) is 13.0. The van der Waals surface area contributed by atoms with Crippen molar-refractivity contribution in [2.24, 2.45) is 5.92 Å². The average molecular weight is 310 g/mol. The Kier molecular flexibility index (Phi) is 4.81. The monoisotopic (exact) mass is 309 g/mol. The van der Waals surface area contributed by atoms with E-state index in [0.29, 0.717) is 18.4 Å². The number of hydrogen-bond donors (Lipinski definition) is 1. The first kappa shape index (κ1) is 13.6. The number of benzene rings is 1. The third-order valence-electron chi connectivity index (χ3n) is 3.74. The van der Waals surface area contributed by atoms with Crippen molar-refractivity contribution < 1.29 is 4.79 Å². The van der Waals surface area contributed by atoms with Crippen molar-refractivity contribution in [2.75, 3.05) is 0 Å². The second kappa shape index (κ2) is 6.37. The fourth-order valence-electron chi connectivity index (χ4n) is 2.58. The quantitative estimate of drug-likeness (QED) is 0.906. The Morgan fingerprint density at radius 1 is 1.28 bits per heavy atom. The van der Waals surface area contributed by atoms with Gasteiger partial charge in [0.15, 0.2) is 0 Å². The van der Waals surface area contributed by atoms with E-state index in [1.165, 1.54) is 19.3 Å². The molecule has 1 aliphatic rings. The second-order valence-corrected chi connectivity index (χ2v) is 6.15. The fourth-order valence-corrected chi connectivity index (χ4v) is 2.84. The highest BCUT2D eigenvalue weighted by atomic mass is 79.9. The molecule has 0 radical (unpaired) electrons. The molecule has 2 rings (SSSR count). The van der Waals surface area contributed by atoms with Gasteiger partial charge in [-0.1, -0.05) is 47.8 Å². The molecule has 0 spiro atoms. The van der Waals surface area contributed by atoms with Crippen LogP contribution in [0.5, 0.6) is 0 Å².